The van der Waals surface area contributed by atoms with Crippen molar-refractivity contribution in [2.75, 3.05) is 5.32 Å². The number of benzene rings is 1. The SMILES string of the molecule is Cc1cc(NC(N)=S)c(F)cc1Br. The quantitative estimate of drug-likeness (QED) is 0.765. The zero-order valence-electron chi connectivity index (χ0n) is 6.90. The first kappa shape index (κ1) is 10.4. The van der Waals surface area contributed by atoms with Crippen LogP contribution in [-0.2, 0) is 0 Å². The van der Waals surface area contributed by atoms with Gasteiger partial charge in [0.15, 0.2) is 5.11 Å². The van der Waals surface area contributed by atoms with Crippen LogP contribution >= 0.6 is 28.1 Å². The maximum atomic E-state index is 13.2. The fourth-order valence-electron chi connectivity index (χ4n) is 0.886. The molecule has 1 aromatic carbocycles. The zero-order valence-corrected chi connectivity index (χ0v) is 9.30. The fourth-order valence-corrected chi connectivity index (χ4v) is 1.31. The Kier molecular flexibility index (Phi) is 3.22. The molecule has 0 aliphatic heterocycles. The van der Waals surface area contributed by atoms with E-state index in [0.29, 0.717) is 5.69 Å². The summed E-state index contributed by atoms with van der Waals surface area (Å²) < 4.78 is 13.9. The summed E-state index contributed by atoms with van der Waals surface area (Å²) in [5.41, 5.74) is 6.44. The highest BCUT2D eigenvalue weighted by Gasteiger charge is 2.05. The summed E-state index contributed by atoms with van der Waals surface area (Å²) in [5, 5.41) is 2.61. The molecule has 13 heavy (non-hydrogen) atoms. The van der Waals surface area contributed by atoms with Crippen LogP contribution in [0.1, 0.15) is 5.56 Å². The molecule has 0 saturated carbocycles. The van der Waals surface area contributed by atoms with Crippen LogP contribution in [0.25, 0.3) is 0 Å². The van der Waals surface area contributed by atoms with E-state index >= 15 is 0 Å². The second-order valence-electron chi connectivity index (χ2n) is 2.57. The molecule has 1 aromatic rings. The van der Waals surface area contributed by atoms with Crippen LogP contribution in [-0.4, -0.2) is 5.11 Å². The Morgan fingerprint density at radius 2 is 2.23 bits per heavy atom. The monoisotopic (exact) mass is 262 g/mol. The summed E-state index contributed by atoms with van der Waals surface area (Å²) in [6, 6.07) is 3.01. The Bertz CT molecular complexity index is 354. The van der Waals surface area contributed by atoms with Gasteiger partial charge in [-0.05, 0) is 36.8 Å². The molecule has 0 fully saturated rings. The van der Waals surface area contributed by atoms with Crippen molar-refractivity contribution in [1.29, 1.82) is 0 Å². The number of nitrogens with one attached hydrogen (secondary N) is 1. The van der Waals surface area contributed by atoms with Gasteiger partial charge in [-0.25, -0.2) is 4.39 Å². The van der Waals surface area contributed by atoms with E-state index in [9.17, 15) is 4.39 Å². The van der Waals surface area contributed by atoms with Gasteiger partial charge >= 0.3 is 0 Å². The summed E-state index contributed by atoms with van der Waals surface area (Å²) in [7, 11) is 0. The lowest BCUT2D eigenvalue weighted by Crippen LogP contribution is -2.19. The molecule has 0 aliphatic carbocycles. The standard InChI is InChI=1S/C8H8BrFN2S/c1-4-2-7(12-8(11)13)6(10)3-5(4)9/h2-3H,1H3,(H3,11,12,13). The van der Waals surface area contributed by atoms with E-state index in [1.165, 1.54) is 6.07 Å². The van der Waals surface area contributed by atoms with E-state index < -0.39 is 0 Å². The zero-order chi connectivity index (χ0) is 10.0. The van der Waals surface area contributed by atoms with Crippen LogP contribution < -0.4 is 11.1 Å². The van der Waals surface area contributed by atoms with Crippen molar-refractivity contribution in [3.8, 4) is 0 Å². The van der Waals surface area contributed by atoms with E-state index in [0.717, 1.165) is 10.0 Å². The summed E-state index contributed by atoms with van der Waals surface area (Å²) in [6.45, 7) is 1.86. The van der Waals surface area contributed by atoms with Crippen LogP contribution in [0.4, 0.5) is 10.1 Å². The first-order valence-corrected chi connectivity index (χ1v) is 4.73. The number of anilines is 1. The third kappa shape index (κ3) is 2.63. The maximum absolute atomic E-state index is 13.2. The summed E-state index contributed by atoms with van der Waals surface area (Å²) >= 11 is 7.82. The second kappa shape index (κ2) is 4.02. The van der Waals surface area contributed by atoms with Crippen LogP contribution in [0.15, 0.2) is 16.6 Å². The third-order valence-electron chi connectivity index (χ3n) is 1.51. The van der Waals surface area contributed by atoms with Gasteiger partial charge in [0, 0.05) is 4.47 Å². The number of thiocarbonyl (C=S) groups is 1. The van der Waals surface area contributed by atoms with Gasteiger partial charge in [-0.1, -0.05) is 15.9 Å². The van der Waals surface area contributed by atoms with E-state index in [4.69, 9.17) is 5.73 Å². The molecule has 0 radical (unpaired) electrons. The lowest BCUT2D eigenvalue weighted by atomic mass is 10.2. The van der Waals surface area contributed by atoms with E-state index in [1.54, 1.807) is 6.07 Å². The number of halogens is 2. The Hall–Kier alpha value is -0.680. The smallest absolute Gasteiger partial charge is 0.168 e. The molecule has 0 unspecified atom stereocenters. The number of hydrogen-bond donors (Lipinski definition) is 2. The molecule has 2 nitrogen and oxygen atoms in total. The van der Waals surface area contributed by atoms with Gasteiger partial charge < -0.3 is 11.1 Å². The lowest BCUT2D eigenvalue weighted by Gasteiger charge is -2.07. The van der Waals surface area contributed by atoms with Crippen LogP contribution in [0.3, 0.4) is 0 Å². The van der Waals surface area contributed by atoms with Gasteiger partial charge in [0.25, 0.3) is 0 Å². The first-order chi connectivity index (χ1) is 6.00. The Labute approximate surface area is 89.4 Å². The molecule has 0 atom stereocenters. The molecule has 0 bridgehead atoms. The maximum Gasteiger partial charge on any atom is 0.168 e. The third-order valence-corrected chi connectivity index (χ3v) is 2.46. The molecular weight excluding hydrogens is 255 g/mol. The largest absolute Gasteiger partial charge is 0.376 e. The van der Waals surface area contributed by atoms with Gasteiger partial charge in [0.05, 0.1) is 5.69 Å². The second-order valence-corrected chi connectivity index (χ2v) is 3.86. The Morgan fingerprint density at radius 1 is 1.62 bits per heavy atom. The molecule has 3 N–H and O–H groups in total. The summed E-state index contributed by atoms with van der Waals surface area (Å²) in [5.74, 6) is -0.384. The van der Waals surface area contributed by atoms with Crippen molar-refractivity contribution in [1.82, 2.24) is 0 Å². The van der Waals surface area contributed by atoms with Crippen molar-refractivity contribution >= 4 is 38.9 Å². The average molecular weight is 263 g/mol. The minimum atomic E-state index is -0.384. The molecule has 0 aliphatic rings. The van der Waals surface area contributed by atoms with E-state index in [1.807, 2.05) is 6.92 Å². The van der Waals surface area contributed by atoms with Crippen LogP contribution in [0, 0.1) is 12.7 Å². The highest BCUT2D eigenvalue weighted by Crippen LogP contribution is 2.23. The normalized spacial score (nSPS) is 9.77. The van der Waals surface area contributed by atoms with Crippen molar-refractivity contribution in [2.45, 2.75) is 6.92 Å². The minimum absolute atomic E-state index is 0.0561. The predicted molar refractivity (Wildman–Crippen MR) is 59.2 cm³/mol. The summed E-state index contributed by atoms with van der Waals surface area (Å²) in [6.07, 6.45) is 0. The van der Waals surface area contributed by atoms with Gasteiger partial charge in [-0.3, -0.25) is 0 Å². The van der Waals surface area contributed by atoms with Crippen LogP contribution in [0.5, 0.6) is 0 Å². The average Bonchev–Trinajstić information content (AvgIpc) is 1.99. The molecule has 0 aromatic heterocycles. The van der Waals surface area contributed by atoms with Gasteiger partial charge in [-0.15, -0.1) is 0 Å². The van der Waals surface area contributed by atoms with Crippen molar-refractivity contribution in [2.24, 2.45) is 5.73 Å². The van der Waals surface area contributed by atoms with Crippen LogP contribution in [0.2, 0.25) is 0 Å². The molecule has 0 amide bonds. The highest BCUT2D eigenvalue weighted by molar-refractivity contribution is 9.10. The van der Waals surface area contributed by atoms with Gasteiger partial charge in [0.2, 0.25) is 0 Å². The molecule has 0 heterocycles. The lowest BCUT2D eigenvalue weighted by molar-refractivity contribution is 0.631. The van der Waals surface area contributed by atoms with Crippen molar-refractivity contribution in [3.05, 3.63) is 28.0 Å². The number of nitrogens with two attached hydrogens (primary N) is 1. The highest BCUT2D eigenvalue weighted by atomic mass is 79.9. The predicted octanol–water partition coefficient (Wildman–Crippen LogP) is 2.55. The number of rotatable bonds is 1. The van der Waals surface area contributed by atoms with E-state index in [-0.39, 0.29) is 10.9 Å². The van der Waals surface area contributed by atoms with Gasteiger partial charge in [0.1, 0.15) is 5.82 Å². The van der Waals surface area contributed by atoms with Gasteiger partial charge in [-0.2, -0.15) is 0 Å². The topological polar surface area (TPSA) is 38.0 Å². The van der Waals surface area contributed by atoms with Crippen molar-refractivity contribution in [3.63, 3.8) is 0 Å². The Morgan fingerprint density at radius 3 is 2.77 bits per heavy atom. The number of aryl methyl sites for hydroxylation is 1. The first-order valence-electron chi connectivity index (χ1n) is 3.53. The summed E-state index contributed by atoms with van der Waals surface area (Å²) in [4.78, 5) is 0. The molecule has 0 saturated heterocycles. The molecule has 5 heteroatoms. The fraction of sp³-hybridized carbons (Fsp3) is 0.125. The molecule has 0 spiro atoms. The number of hydrogen-bond acceptors (Lipinski definition) is 1. The molecular formula is C8H8BrFN2S. The Balaban J connectivity index is 3.08. The minimum Gasteiger partial charge on any atom is -0.376 e. The van der Waals surface area contributed by atoms with Crippen molar-refractivity contribution < 1.29 is 4.39 Å². The van der Waals surface area contributed by atoms with E-state index in [2.05, 4.69) is 33.5 Å². The molecule has 70 valence electrons. The molecule has 1 rings (SSSR count).